The Morgan fingerprint density at radius 3 is 2.71 bits per heavy atom. The molecule has 4 fully saturated rings. The Labute approximate surface area is 130 Å². The molecule has 0 heterocycles. The summed E-state index contributed by atoms with van der Waals surface area (Å²) in [5.41, 5.74) is 2.39. The van der Waals surface area contributed by atoms with Gasteiger partial charge in [0, 0.05) is 6.61 Å². The minimum Gasteiger partial charge on any atom is -0.396 e. The van der Waals surface area contributed by atoms with Crippen LogP contribution in [-0.4, -0.2) is 11.7 Å². The van der Waals surface area contributed by atoms with Gasteiger partial charge in [-0.1, -0.05) is 38.3 Å². The van der Waals surface area contributed by atoms with E-state index >= 15 is 0 Å². The number of aliphatic hydroxyl groups excluding tert-OH is 1. The monoisotopic (exact) mass is 288 g/mol. The lowest BCUT2D eigenvalue weighted by Crippen LogP contribution is -2.53. The van der Waals surface area contributed by atoms with Gasteiger partial charge in [0.1, 0.15) is 0 Å². The smallest absolute Gasteiger partial charge is 0.0490 e. The van der Waals surface area contributed by atoms with Gasteiger partial charge in [-0.25, -0.2) is 0 Å². The maximum Gasteiger partial charge on any atom is 0.0490 e. The number of hydrogen-bond acceptors (Lipinski definition) is 1. The minimum atomic E-state index is 0.291. The van der Waals surface area contributed by atoms with E-state index in [2.05, 4.69) is 13.5 Å². The maximum absolute atomic E-state index is 10.1. The molecule has 0 aromatic rings. The summed E-state index contributed by atoms with van der Waals surface area (Å²) in [6.07, 6.45) is 13.6. The van der Waals surface area contributed by atoms with Crippen molar-refractivity contribution in [1.82, 2.24) is 0 Å². The van der Waals surface area contributed by atoms with Crippen molar-refractivity contribution in [2.45, 2.75) is 71.1 Å². The molecule has 0 radical (unpaired) electrons. The van der Waals surface area contributed by atoms with Crippen LogP contribution in [-0.2, 0) is 0 Å². The third kappa shape index (κ3) is 1.85. The summed E-state index contributed by atoms with van der Waals surface area (Å²) in [6, 6.07) is 0. The van der Waals surface area contributed by atoms with Gasteiger partial charge in [-0.15, -0.1) is 0 Å². The molecule has 4 rings (SSSR count). The first kappa shape index (κ1) is 14.3. The van der Waals surface area contributed by atoms with Gasteiger partial charge in [-0.05, 0) is 79.4 Å². The molecule has 1 unspecified atom stereocenters. The SMILES string of the molecule is C=C1C[C@H]2[C@@H]3CCC[C@@]3(CO)CC[C@@H]2[C@@]2(C)CCCCC12. The highest BCUT2D eigenvalue weighted by atomic mass is 16.3. The molecule has 4 saturated carbocycles. The lowest BCUT2D eigenvalue weighted by Gasteiger charge is -2.60. The Morgan fingerprint density at radius 2 is 1.90 bits per heavy atom. The van der Waals surface area contributed by atoms with E-state index in [-0.39, 0.29) is 0 Å². The van der Waals surface area contributed by atoms with Crippen LogP contribution in [0.3, 0.4) is 0 Å². The lowest BCUT2D eigenvalue weighted by atomic mass is 9.44. The zero-order valence-electron chi connectivity index (χ0n) is 13.7. The summed E-state index contributed by atoms with van der Waals surface area (Å²) < 4.78 is 0. The topological polar surface area (TPSA) is 20.2 Å². The van der Waals surface area contributed by atoms with Crippen LogP contribution in [0, 0.1) is 34.5 Å². The number of aliphatic hydroxyl groups is 1. The molecule has 0 saturated heterocycles. The second-order valence-electron chi connectivity index (χ2n) is 8.99. The summed E-state index contributed by atoms with van der Waals surface area (Å²) in [4.78, 5) is 0. The fourth-order valence-corrected chi connectivity index (χ4v) is 7.38. The van der Waals surface area contributed by atoms with Crippen LogP contribution in [0.1, 0.15) is 71.1 Å². The summed E-state index contributed by atoms with van der Waals surface area (Å²) in [6.45, 7) is 7.57. The van der Waals surface area contributed by atoms with Crippen LogP contribution in [0.5, 0.6) is 0 Å². The predicted molar refractivity (Wildman–Crippen MR) is 86.9 cm³/mol. The third-order valence-corrected chi connectivity index (χ3v) is 8.37. The van der Waals surface area contributed by atoms with Crippen LogP contribution in [0.15, 0.2) is 12.2 Å². The molecule has 1 nitrogen and oxygen atoms in total. The van der Waals surface area contributed by atoms with Gasteiger partial charge in [0.2, 0.25) is 0 Å². The van der Waals surface area contributed by atoms with Gasteiger partial charge in [0.15, 0.2) is 0 Å². The average Bonchev–Trinajstić information content (AvgIpc) is 2.92. The number of hydrogen-bond donors (Lipinski definition) is 1. The van der Waals surface area contributed by atoms with Gasteiger partial charge < -0.3 is 5.11 Å². The summed E-state index contributed by atoms with van der Waals surface area (Å²) in [5, 5.41) is 10.1. The first-order chi connectivity index (χ1) is 10.1. The molecule has 4 aliphatic rings. The second kappa shape index (κ2) is 4.85. The summed E-state index contributed by atoms with van der Waals surface area (Å²) in [7, 11) is 0. The zero-order valence-corrected chi connectivity index (χ0v) is 13.7. The normalized spacial score (nSPS) is 53.0. The van der Waals surface area contributed by atoms with E-state index in [9.17, 15) is 5.11 Å². The molecule has 0 spiro atoms. The Kier molecular flexibility index (Phi) is 3.30. The first-order valence-electron chi connectivity index (χ1n) is 9.39. The number of rotatable bonds is 1. The van der Waals surface area contributed by atoms with Crippen LogP contribution in [0.25, 0.3) is 0 Å². The van der Waals surface area contributed by atoms with Gasteiger partial charge in [-0.3, -0.25) is 0 Å². The van der Waals surface area contributed by atoms with Crippen molar-refractivity contribution in [2.75, 3.05) is 6.61 Å². The fraction of sp³-hybridized carbons (Fsp3) is 0.900. The largest absolute Gasteiger partial charge is 0.396 e. The molecule has 0 aromatic carbocycles. The van der Waals surface area contributed by atoms with Crippen LogP contribution in [0.4, 0.5) is 0 Å². The molecule has 4 aliphatic carbocycles. The molecule has 6 atom stereocenters. The van der Waals surface area contributed by atoms with E-state index in [1.54, 1.807) is 5.57 Å². The third-order valence-electron chi connectivity index (χ3n) is 8.37. The van der Waals surface area contributed by atoms with Crippen LogP contribution < -0.4 is 0 Å². The minimum absolute atomic E-state index is 0.291. The van der Waals surface area contributed by atoms with Crippen molar-refractivity contribution in [3.63, 3.8) is 0 Å². The Morgan fingerprint density at radius 1 is 1.05 bits per heavy atom. The van der Waals surface area contributed by atoms with E-state index in [0.717, 1.165) is 23.7 Å². The van der Waals surface area contributed by atoms with Gasteiger partial charge in [0.25, 0.3) is 0 Å². The summed E-state index contributed by atoms with van der Waals surface area (Å²) in [5.74, 6) is 3.34. The maximum atomic E-state index is 10.1. The highest BCUT2D eigenvalue weighted by molar-refractivity contribution is 5.19. The zero-order chi connectivity index (χ0) is 14.7. The second-order valence-corrected chi connectivity index (χ2v) is 8.99. The first-order valence-corrected chi connectivity index (χ1v) is 9.39. The van der Waals surface area contributed by atoms with Crippen LogP contribution >= 0.6 is 0 Å². The molecular formula is C20H32O. The fourth-order valence-electron chi connectivity index (χ4n) is 7.38. The van der Waals surface area contributed by atoms with Crippen molar-refractivity contribution in [3.05, 3.63) is 12.2 Å². The predicted octanol–water partition coefficient (Wildman–Crippen LogP) is 4.95. The number of allylic oxidation sites excluding steroid dienone is 1. The molecule has 118 valence electrons. The van der Waals surface area contributed by atoms with Crippen molar-refractivity contribution in [3.8, 4) is 0 Å². The van der Waals surface area contributed by atoms with Crippen molar-refractivity contribution in [2.24, 2.45) is 34.5 Å². The highest BCUT2D eigenvalue weighted by Crippen LogP contribution is 2.66. The molecule has 21 heavy (non-hydrogen) atoms. The Hall–Kier alpha value is -0.300. The standard InChI is InChI=1S/C20H32O/c1-14-12-15-17(19(2)9-4-3-6-16(14)19)8-11-20(13-21)10-5-7-18(15)20/h15-18,21H,1,3-13H2,2H3/t15-,16?,17+,18+,19+,20+/m1/s1. The summed E-state index contributed by atoms with van der Waals surface area (Å²) >= 11 is 0. The van der Waals surface area contributed by atoms with E-state index in [0.29, 0.717) is 17.4 Å². The Bertz CT molecular complexity index is 441. The number of fused-ring (bicyclic) bond motifs is 5. The molecule has 1 heteroatoms. The van der Waals surface area contributed by atoms with Gasteiger partial charge in [0.05, 0.1) is 0 Å². The quantitative estimate of drug-likeness (QED) is 0.677. The van der Waals surface area contributed by atoms with E-state index in [4.69, 9.17) is 0 Å². The van der Waals surface area contributed by atoms with E-state index in [1.807, 2.05) is 0 Å². The molecule has 0 amide bonds. The Balaban J connectivity index is 1.69. The van der Waals surface area contributed by atoms with E-state index in [1.165, 1.54) is 64.2 Å². The molecule has 0 bridgehead atoms. The van der Waals surface area contributed by atoms with Crippen LogP contribution in [0.2, 0.25) is 0 Å². The molecular weight excluding hydrogens is 256 g/mol. The van der Waals surface area contributed by atoms with Gasteiger partial charge >= 0.3 is 0 Å². The van der Waals surface area contributed by atoms with Gasteiger partial charge in [-0.2, -0.15) is 0 Å². The van der Waals surface area contributed by atoms with Crippen molar-refractivity contribution >= 4 is 0 Å². The highest BCUT2D eigenvalue weighted by Gasteiger charge is 2.59. The molecule has 0 aromatic heterocycles. The lowest BCUT2D eigenvalue weighted by molar-refractivity contribution is -0.0979. The molecule has 1 N–H and O–H groups in total. The average molecular weight is 288 g/mol. The molecule has 0 aliphatic heterocycles. The van der Waals surface area contributed by atoms with E-state index < -0.39 is 0 Å². The van der Waals surface area contributed by atoms with Crippen molar-refractivity contribution < 1.29 is 5.11 Å². The van der Waals surface area contributed by atoms with Crippen molar-refractivity contribution in [1.29, 1.82) is 0 Å².